The molecule has 0 radical (unpaired) electrons. The molecular formula is C15H13NO2. The van der Waals surface area contributed by atoms with Crippen LogP contribution in [-0.4, -0.2) is 11.6 Å². The van der Waals surface area contributed by atoms with Gasteiger partial charge in [0.1, 0.15) is 0 Å². The van der Waals surface area contributed by atoms with E-state index in [1.165, 1.54) is 6.92 Å². The molecule has 2 rings (SSSR count). The Hall–Kier alpha value is -2.42. The van der Waals surface area contributed by atoms with Crippen LogP contribution in [0.1, 0.15) is 33.2 Å². The zero-order chi connectivity index (χ0) is 13.1. The van der Waals surface area contributed by atoms with Crippen molar-refractivity contribution >= 4 is 17.3 Å². The molecule has 2 N–H and O–H groups in total. The fourth-order valence-corrected chi connectivity index (χ4v) is 1.84. The summed E-state index contributed by atoms with van der Waals surface area (Å²) in [5.74, 6) is -0.354. The number of hydrogen-bond acceptors (Lipinski definition) is 3. The molecule has 3 nitrogen and oxygen atoms in total. The summed E-state index contributed by atoms with van der Waals surface area (Å²) in [6, 6.07) is 13.6. The van der Waals surface area contributed by atoms with Crippen molar-refractivity contribution in [3.63, 3.8) is 0 Å². The molecule has 0 spiro atoms. The van der Waals surface area contributed by atoms with Crippen molar-refractivity contribution in [1.29, 1.82) is 0 Å². The largest absolute Gasteiger partial charge is 0.398 e. The van der Waals surface area contributed by atoms with Crippen LogP contribution in [0.2, 0.25) is 0 Å². The first-order chi connectivity index (χ1) is 8.61. The normalized spacial score (nSPS) is 10.1. The lowest BCUT2D eigenvalue weighted by Gasteiger charge is -2.07. The number of nitrogen functional groups attached to an aromatic ring is 1. The van der Waals surface area contributed by atoms with E-state index in [4.69, 9.17) is 5.73 Å². The Morgan fingerprint density at radius 2 is 1.33 bits per heavy atom. The van der Waals surface area contributed by atoms with Gasteiger partial charge in [0, 0.05) is 22.4 Å². The lowest BCUT2D eigenvalue weighted by atomic mass is 9.96. The van der Waals surface area contributed by atoms with Gasteiger partial charge in [-0.05, 0) is 19.1 Å². The van der Waals surface area contributed by atoms with E-state index in [1.54, 1.807) is 48.5 Å². The van der Waals surface area contributed by atoms with Crippen molar-refractivity contribution in [2.24, 2.45) is 0 Å². The van der Waals surface area contributed by atoms with Crippen LogP contribution in [0.25, 0.3) is 0 Å². The predicted octanol–water partition coefficient (Wildman–Crippen LogP) is 2.70. The lowest BCUT2D eigenvalue weighted by molar-refractivity contribution is 0.0990. The van der Waals surface area contributed by atoms with E-state index < -0.39 is 0 Å². The number of carbonyl (C=O) groups is 2. The molecule has 2 aromatic carbocycles. The van der Waals surface area contributed by atoms with Crippen LogP contribution in [0.15, 0.2) is 48.5 Å². The third kappa shape index (κ3) is 2.15. The van der Waals surface area contributed by atoms with Crippen LogP contribution < -0.4 is 5.73 Å². The smallest absolute Gasteiger partial charge is 0.195 e. The monoisotopic (exact) mass is 239 g/mol. The molecule has 0 saturated heterocycles. The SMILES string of the molecule is CC(=O)c1ccccc1C(=O)c1ccccc1N. The molecule has 0 aromatic heterocycles. The average molecular weight is 239 g/mol. The standard InChI is InChI=1S/C15H13NO2/c1-10(17)11-6-2-3-7-12(11)15(18)13-8-4-5-9-14(13)16/h2-9H,16H2,1H3. The van der Waals surface area contributed by atoms with Gasteiger partial charge in [0.2, 0.25) is 0 Å². The number of carbonyl (C=O) groups excluding carboxylic acids is 2. The third-order valence-corrected chi connectivity index (χ3v) is 2.76. The predicted molar refractivity (Wildman–Crippen MR) is 70.7 cm³/mol. The molecule has 0 aliphatic heterocycles. The Bertz CT molecular complexity index is 617. The summed E-state index contributed by atoms with van der Waals surface area (Å²) in [4.78, 5) is 23.9. The topological polar surface area (TPSA) is 60.2 Å². The summed E-state index contributed by atoms with van der Waals surface area (Å²) in [5, 5.41) is 0. The first-order valence-electron chi connectivity index (χ1n) is 5.60. The van der Waals surface area contributed by atoms with Gasteiger partial charge in [-0.3, -0.25) is 9.59 Å². The highest BCUT2D eigenvalue weighted by Crippen LogP contribution is 2.19. The molecule has 0 saturated carbocycles. The Kier molecular flexibility index (Phi) is 3.24. The van der Waals surface area contributed by atoms with Crippen molar-refractivity contribution < 1.29 is 9.59 Å². The average Bonchev–Trinajstić information content (AvgIpc) is 2.38. The minimum absolute atomic E-state index is 0.131. The molecule has 0 bridgehead atoms. The molecule has 90 valence electrons. The second-order valence-electron chi connectivity index (χ2n) is 4.02. The van der Waals surface area contributed by atoms with Crippen molar-refractivity contribution in [3.8, 4) is 0 Å². The number of para-hydroxylation sites is 1. The summed E-state index contributed by atoms with van der Waals surface area (Å²) in [6.45, 7) is 1.44. The number of rotatable bonds is 3. The van der Waals surface area contributed by atoms with Crippen LogP contribution in [0, 0.1) is 0 Å². The fraction of sp³-hybridized carbons (Fsp3) is 0.0667. The van der Waals surface area contributed by atoms with Gasteiger partial charge in [-0.2, -0.15) is 0 Å². The van der Waals surface area contributed by atoms with Gasteiger partial charge in [-0.25, -0.2) is 0 Å². The summed E-state index contributed by atoms with van der Waals surface area (Å²) < 4.78 is 0. The highest BCUT2D eigenvalue weighted by molar-refractivity contribution is 6.17. The summed E-state index contributed by atoms with van der Waals surface area (Å²) >= 11 is 0. The summed E-state index contributed by atoms with van der Waals surface area (Å²) in [6.07, 6.45) is 0. The van der Waals surface area contributed by atoms with Gasteiger partial charge >= 0.3 is 0 Å². The van der Waals surface area contributed by atoms with Crippen molar-refractivity contribution in [1.82, 2.24) is 0 Å². The van der Waals surface area contributed by atoms with Gasteiger partial charge in [-0.1, -0.05) is 36.4 Å². The Morgan fingerprint density at radius 3 is 1.89 bits per heavy atom. The molecule has 0 aliphatic carbocycles. The van der Waals surface area contributed by atoms with Crippen LogP contribution >= 0.6 is 0 Å². The van der Waals surface area contributed by atoms with Crippen LogP contribution in [0.4, 0.5) is 5.69 Å². The fourth-order valence-electron chi connectivity index (χ4n) is 1.84. The molecule has 0 fully saturated rings. The molecule has 3 heteroatoms. The van der Waals surface area contributed by atoms with E-state index in [0.717, 1.165) is 0 Å². The van der Waals surface area contributed by atoms with Crippen LogP contribution in [0.5, 0.6) is 0 Å². The number of nitrogens with two attached hydrogens (primary N) is 1. The minimum Gasteiger partial charge on any atom is -0.398 e. The van der Waals surface area contributed by atoms with E-state index >= 15 is 0 Å². The maximum absolute atomic E-state index is 12.4. The highest BCUT2D eigenvalue weighted by Gasteiger charge is 2.17. The molecule has 0 heterocycles. The first kappa shape index (κ1) is 12.0. The Labute approximate surface area is 105 Å². The second-order valence-corrected chi connectivity index (χ2v) is 4.02. The van der Waals surface area contributed by atoms with E-state index in [1.807, 2.05) is 0 Å². The molecule has 18 heavy (non-hydrogen) atoms. The van der Waals surface area contributed by atoms with Crippen molar-refractivity contribution in [2.75, 3.05) is 5.73 Å². The van der Waals surface area contributed by atoms with Gasteiger partial charge < -0.3 is 5.73 Å². The molecular weight excluding hydrogens is 226 g/mol. The van der Waals surface area contributed by atoms with Gasteiger partial charge in [0.25, 0.3) is 0 Å². The van der Waals surface area contributed by atoms with Gasteiger partial charge in [0.05, 0.1) is 0 Å². The molecule has 0 atom stereocenters. The number of anilines is 1. The number of Topliss-reactive ketones (excluding diaryl/α,β-unsaturated/α-hetero) is 1. The van der Waals surface area contributed by atoms with E-state index in [2.05, 4.69) is 0 Å². The van der Waals surface area contributed by atoms with E-state index in [0.29, 0.717) is 22.4 Å². The minimum atomic E-state index is -0.223. The van der Waals surface area contributed by atoms with E-state index in [-0.39, 0.29) is 11.6 Å². The number of hydrogen-bond donors (Lipinski definition) is 1. The van der Waals surface area contributed by atoms with Crippen LogP contribution in [-0.2, 0) is 0 Å². The third-order valence-electron chi connectivity index (χ3n) is 2.76. The molecule has 0 unspecified atom stereocenters. The molecule has 0 amide bonds. The number of ketones is 2. The molecule has 0 aliphatic rings. The zero-order valence-corrected chi connectivity index (χ0v) is 10.0. The van der Waals surface area contributed by atoms with E-state index in [9.17, 15) is 9.59 Å². The quantitative estimate of drug-likeness (QED) is 0.661. The molecule has 2 aromatic rings. The zero-order valence-electron chi connectivity index (χ0n) is 10.0. The Balaban J connectivity index is 2.54. The van der Waals surface area contributed by atoms with Gasteiger partial charge in [0.15, 0.2) is 11.6 Å². The Morgan fingerprint density at radius 1 is 0.833 bits per heavy atom. The maximum atomic E-state index is 12.4. The van der Waals surface area contributed by atoms with Gasteiger partial charge in [-0.15, -0.1) is 0 Å². The van der Waals surface area contributed by atoms with Crippen molar-refractivity contribution in [3.05, 3.63) is 65.2 Å². The number of benzene rings is 2. The lowest BCUT2D eigenvalue weighted by Crippen LogP contribution is -2.10. The van der Waals surface area contributed by atoms with Crippen molar-refractivity contribution in [2.45, 2.75) is 6.92 Å². The maximum Gasteiger partial charge on any atom is 0.195 e. The van der Waals surface area contributed by atoms with Crippen LogP contribution in [0.3, 0.4) is 0 Å². The summed E-state index contributed by atoms with van der Waals surface area (Å²) in [5.41, 5.74) is 7.43. The second kappa shape index (κ2) is 4.84. The highest BCUT2D eigenvalue weighted by atomic mass is 16.1. The summed E-state index contributed by atoms with van der Waals surface area (Å²) in [7, 11) is 0. The first-order valence-corrected chi connectivity index (χ1v) is 5.60.